The molecule has 28 heavy (non-hydrogen) atoms. The molecule has 2 heterocycles. The monoisotopic (exact) mass is 414 g/mol. The highest BCUT2D eigenvalue weighted by Gasteiger charge is 2.55. The molecule has 7 atom stereocenters. The molecule has 3 rings (SSSR count). The molecule has 2 aliphatic heterocycles. The zero-order valence-electron chi connectivity index (χ0n) is 17.1. The average molecular weight is 415 g/mol. The lowest BCUT2D eigenvalue weighted by Crippen LogP contribution is -2.56. The van der Waals surface area contributed by atoms with E-state index in [2.05, 4.69) is 0 Å². The third-order valence-electron chi connectivity index (χ3n) is 5.19. The van der Waals surface area contributed by atoms with Crippen LogP contribution in [0.25, 0.3) is 0 Å². The Bertz CT molecular complexity index is 735. The normalized spacial score (nSPS) is 34.1. The molecule has 7 nitrogen and oxygen atoms in total. The highest BCUT2D eigenvalue weighted by molar-refractivity contribution is 7.85. The van der Waals surface area contributed by atoms with Crippen molar-refractivity contribution >= 4 is 10.8 Å². The molecule has 0 radical (unpaired) electrons. The molecule has 0 amide bonds. The summed E-state index contributed by atoms with van der Waals surface area (Å²) in [6.45, 7) is 9.16. The minimum absolute atomic E-state index is 0.0406. The maximum absolute atomic E-state index is 13.3. The van der Waals surface area contributed by atoms with E-state index < -0.39 is 46.4 Å². The fourth-order valence-corrected chi connectivity index (χ4v) is 5.11. The molecule has 2 N–H and O–H groups in total. The first-order valence-electron chi connectivity index (χ1n) is 9.51. The fraction of sp³-hybridized carbons (Fsp3) is 0.700. The summed E-state index contributed by atoms with van der Waals surface area (Å²) in [6.07, 6.45) is -3.30. The summed E-state index contributed by atoms with van der Waals surface area (Å²) in [5, 5.41) is 21.3. The van der Waals surface area contributed by atoms with E-state index in [9.17, 15) is 14.4 Å². The minimum Gasteiger partial charge on any atom is -0.496 e. The first kappa shape index (κ1) is 21.7. The van der Waals surface area contributed by atoms with Crippen LogP contribution in [-0.2, 0) is 25.0 Å². The molecule has 158 valence electrons. The van der Waals surface area contributed by atoms with E-state index in [0.717, 1.165) is 0 Å². The van der Waals surface area contributed by atoms with Gasteiger partial charge >= 0.3 is 0 Å². The number of aliphatic hydroxyl groups excluding tert-OH is 2. The number of hydrogen-bond acceptors (Lipinski definition) is 7. The smallest absolute Gasteiger partial charge is 0.165 e. The number of benzene rings is 1. The Kier molecular flexibility index (Phi) is 6.20. The first-order valence-corrected chi connectivity index (χ1v) is 10.7. The van der Waals surface area contributed by atoms with Crippen molar-refractivity contribution < 1.29 is 33.4 Å². The molecule has 2 aliphatic rings. The second-order valence-electron chi connectivity index (χ2n) is 8.15. The zero-order valence-corrected chi connectivity index (χ0v) is 17.9. The van der Waals surface area contributed by atoms with Gasteiger partial charge in [-0.3, -0.25) is 4.21 Å². The van der Waals surface area contributed by atoms with Gasteiger partial charge in [0.1, 0.15) is 24.1 Å². The number of ether oxygens (including phenoxy) is 4. The summed E-state index contributed by atoms with van der Waals surface area (Å²) in [5.74, 6) is -0.352. The van der Waals surface area contributed by atoms with E-state index in [0.29, 0.717) is 16.2 Å². The summed E-state index contributed by atoms with van der Waals surface area (Å²) in [4.78, 5) is 0.448. The third kappa shape index (κ3) is 3.99. The minimum atomic E-state index is -1.68. The Morgan fingerprint density at radius 1 is 1.21 bits per heavy atom. The second kappa shape index (κ2) is 8.01. The van der Waals surface area contributed by atoms with Crippen LogP contribution in [0.5, 0.6) is 5.75 Å². The van der Waals surface area contributed by atoms with Crippen LogP contribution in [-0.4, -0.2) is 57.2 Å². The number of methoxy groups -OCH3 is 1. The van der Waals surface area contributed by atoms with Crippen LogP contribution in [0.3, 0.4) is 0 Å². The lowest BCUT2D eigenvalue weighted by molar-refractivity contribution is -0.153. The lowest BCUT2D eigenvalue weighted by Gasteiger charge is -2.38. The Balaban J connectivity index is 1.89. The summed E-state index contributed by atoms with van der Waals surface area (Å²) >= 11 is 0. The largest absolute Gasteiger partial charge is 0.496 e. The summed E-state index contributed by atoms with van der Waals surface area (Å²) < 4.78 is 36.1. The molecule has 2 fully saturated rings. The van der Waals surface area contributed by atoms with Crippen molar-refractivity contribution in [2.24, 2.45) is 5.92 Å². The highest BCUT2D eigenvalue weighted by Crippen LogP contribution is 2.39. The molecule has 0 aliphatic carbocycles. The predicted molar refractivity (Wildman–Crippen MR) is 103 cm³/mol. The van der Waals surface area contributed by atoms with Crippen LogP contribution in [0.15, 0.2) is 23.1 Å². The van der Waals surface area contributed by atoms with Crippen molar-refractivity contribution in [1.82, 2.24) is 0 Å². The van der Waals surface area contributed by atoms with Crippen molar-refractivity contribution in [3.05, 3.63) is 23.8 Å². The van der Waals surface area contributed by atoms with Gasteiger partial charge in [-0.1, -0.05) is 13.8 Å². The van der Waals surface area contributed by atoms with Gasteiger partial charge in [-0.25, -0.2) is 0 Å². The number of fused-ring (bicyclic) bond motifs is 1. The van der Waals surface area contributed by atoms with E-state index in [4.69, 9.17) is 18.9 Å². The van der Waals surface area contributed by atoms with E-state index in [1.807, 2.05) is 20.8 Å². The third-order valence-corrected chi connectivity index (χ3v) is 6.72. The molecular weight excluding hydrogens is 384 g/mol. The first-order chi connectivity index (χ1) is 13.1. The summed E-state index contributed by atoms with van der Waals surface area (Å²) in [6, 6.07) is 4.99. The van der Waals surface area contributed by atoms with Crippen LogP contribution in [0.4, 0.5) is 0 Å². The molecule has 2 unspecified atom stereocenters. The maximum Gasteiger partial charge on any atom is 0.165 e. The molecule has 2 saturated heterocycles. The molecule has 0 aromatic heterocycles. The van der Waals surface area contributed by atoms with Gasteiger partial charge < -0.3 is 29.2 Å². The topological polar surface area (TPSA) is 94.5 Å². The second-order valence-corrected chi connectivity index (χ2v) is 9.69. The van der Waals surface area contributed by atoms with Crippen molar-refractivity contribution in [1.29, 1.82) is 0 Å². The van der Waals surface area contributed by atoms with Gasteiger partial charge in [0.25, 0.3) is 0 Å². The van der Waals surface area contributed by atoms with E-state index >= 15 is 0 Å². The molecular formula is C20H30O7S. The van der Waals surface area contributed by atoms with Gasteiger partial charge in [0, 0.05) is 10.5 Å². The predicted octanol–water partition coefficient (Wildman–Crippen LogP) is 2.12. The molecule has 1 aromatic carbocycles. The van der Waals surface area contributed by atoms with Gasteiger partial charge in [-0.15, -0.1) is 0 Å². The van der Waals surface area contributed by atoms with Crippen molar-refractivity contribution in [2.45, 2.75) is 81.3 Å². The van der Waals surface area contributed by atoms with Crippen LogP contribution in [0, 0.1) is 5.92 Å². The standard InChI is InChI=1S/C20H30O7S/c1-10(2)15(21)13-9-12(7-8-14(13)24-6)28(23)19-16(22)18-17(11(3)25-19)26-20(4,5)27-18/h7-11,15-19,21-22H,1-6H3/t11-,15?,16-,17+,18-,19-,28?/m0/s1. The molecule has 0 saturated carbocycles. The molecule has 0 bridgehead atoms. The van der Waals surface area contributed by atoms with Gasteiger partial charge in [0.2, 0.25) is 0 Å². The van der Waals surface area contributed by atoms with Crippen LogP contribution < -0.4 is 4.74 Å². The fourth-order valence-electron chi connectivity index (χ4n) is 3.71. The number of aliphatic hydroxyl groups is 2. The highest BCUT2D eigenvalue weighted by atomic mass is 32.2. The van der Waals surface area contributed by atoms with Crippen LogP contribution >= 0.6 is 0 Å². The maximum atomic E-state index is 13.3. The Morgan fingerprint density at radius 3 is 2.46 bits per heavy atom. The van der Waals surface area contributed by atoms with Gasteiger partial charge in [0.15, 0.2) is 11.2 Å². The Hall–Kier alpha value is -1.03. The number of rotatable bonds is 5. The summed E-state index contributed by atoms with van der Waals surface area (Å²) in [7, 11) is -0.154. The van der Waals surface area contributed by atoms with Crippen molar-refractivity contribution in [3.63, 3.8) is 0 Å². The molecule has 1 aromatic rings. The van der Waals surface area contributed by atoms with E-state index in [1.54, 1.807) is 32.0 Å². The zero-order chi connectivity index (χ0) is 20.8. The van der Waals surface area contributed by atoms with Gasteiger partial charge in [-0.2, -0.15) is 0 Å². The van der Waals surface area contributed by atoms with E-state index in [-0.39, 0.29) is 12.0 Å². The van der Waals surface area contributed by atoms with Gasteiger partial charge in [0.05, 0.1) is 30.1 Å². The Labute approximate surface area is 168 Å². The molecule has 8 heteroatoms. The average Bonchev–Trinajstić information content (AvgIpc) is 2.99. The Morgan fingerprint density at radius 2 is 1.86 bits per heavy atom. The van der Waals surface area contributed by atoms with Crippen molar-refractivity contribution in [3.8, 4) is 5.75 Å². The van der Waals surface area contributed by atoms with E-state index in [1.165, 1.54) is 7.11 Å². The quantitative estimate of drug-likeness (QED) is 0.762. The van der Waals surface area contributed by atoms with Crippen LogP contribution in [0.1, 0.15) is 46.3 Å². The van der Waals surface area contributed by atoms with Crippen molar-refractivity contribution in [2.75, 3.05) is 7.11 Å². The van der Waals surface area contributed by atoms with Crippen LogP contribution in [0.2, 0.25) is 0 Å². The lowest BCUT2D eigenvalue weighted by atomic mass is 9.98. The van der Waals surface area contributed by atoms with Gasteiger partial charge in [-0.05, 0) is 44.9 Å². The SMILES string of the molecule is COc1ccc(S(=O)[C@@H]2O[C@@H](C)[C@H]3OC(C)(C)O[C@H]3[C@@H]2O)cc1C(O)C(C)C. The number of hydrogen-bond donors (Lipinski definition) is 2. The summed E-state index contributed by atoms with van der Waals surface area (Å²) in [5.41, 5.74) is -0.410. The molecule has 0 spiro atoms.